The first kappa shape index (κ1) is 17.7. The molecule has 0 bridgehead atoms. The molecule has 8 nitrogen and oxygen atoms in total. The summed E-state index contributed by atoms with van der Waals surface area (Å²) in [7, 11) is 0. The first-order chi connectivity index (χ1) is 11.9. The van der Waals surface area contributed by atoms with E-state index in [1.54, 1.807) is 25.1 Å². The molecule has 0 aliphatic carbocycles. The number of ether oxygens (including phenoxy) is 1. The van der Waals surface area contributed by atoms with Gasteiger partial charge in [-0.25, -0.2) is 4.98 Å². The Labute approximate surface area is 153 Å². The van der Waals surface area contributed by atoms with Gasteiger partial charge in [0.1, 0.15) is 5.69 Å². The summed E-state index contributed by atoms with van der Waals surface area (Å²) >= 11 is 12.0. The van der Waals surface area contributed by atoms with Gasteiger partial charge in [-0.05, 0) is 25.1 Å². The van der Waals surface area contributed by atoms with E-state index in [2.05, 4.69) is 15.3 Å². The lowest BCUT2D eigenvalue weighted by Crippen LogP contribution is -2.37. The smallest absolute Gasteiger partial charge is 0.332 e. The van der Waals surface area contributed by atoms with Gasteiger partial charge >= 0.3 is 5.69 Å². The zero-order chi connectivity index (χ0) is 18.0. The van der Waals surface area contributed by atoms with Crippen LogP contribution in [0.25, 0.3) is 0 Å². The second-order valence-corrected chi connectivity index (χ2v) is 6.32. The fourth-order valence-corrected chi connectivity index (χ4v) is 3.05. The molecule has 0 atom stereocenters. The lowest BCUT2D eigenvalue weighted by molar-refractivity contribution is -0.385. The number of rotatable bonds is 4. The predicted octanol–water partition coefficient (Wildman–Crippen LogP) is 3.58. The molecule has 1 aliphatic heterocycles. The average molecular weight is 384 g/mol. The van der Waals surface area contributed by atoms with Crippen LogP contribution in [-0.4, -0.2) is 41.2 Å². The molecule has 1 N–H and O–H groups in total. The van der Waals surface area contributed by atoms with Crippen LogP contribution in [0.4, 0.5) is 23.1 Å². The number of morpholine rings is 1. The number of anilines is 3. The van der Waals surface area contributed by atoms with Gasteiger partial charge in [0.05, 0.1) is 18.1 Å². The fraction of sp³-hybridized carbons (Fsp3) is 0.333. The molecule has 2 heterocycles. The van der Waals surface area contributed by atoms with Gasteiger partial charge in [-0.3, -0.25) is 10.1 Å². The minimum atomic E-state index is -0.507. The van der Waals surface area contributed by atoms with Crippen molar-refractivity contribution in [3.63, 3.8) is 0 Å². The third-order valence-electron chi connectivity index (χ3n) is 3.65. The van der Waals surface area contributed by atoms with Crippen LogP contribution in [0, 0.1) is 17.0 Å². The van der Waals surface area contributed by atoms with Crippen LogP contribution in [-0.2, 0) is 4.74 Å². The van der Waals surface area contributed by atoms with Gasteiger partial charge in [-0.2, -0.15) is 4.98 Å². The topological polar surface area (TPSA) is 93.4 Å². The second-order valence-electron chi connectivity index (χ2n) is 5.45. The van der Waals surface area contributed by atoms with Crippen molar-refractivity contribution in [1.29, 1.82) is 0 Å². The number of nitrogens with zero attached hydrogens (tertiary/aromatic N) is 4. The average Bonchev–Trinajstić information content (AvgIpc) is 2.53. The molecule has 1 aromatic carbocycles. The van der Waals surface area contributed by atoms with E-state index in [9.17, 15) is 10.1 Å². The van der Waals surface area contributed by atoms with Crippen LogP contribution >= 0.6 is 23.2 Å². The lowest BCUT2D eigenvalue weighted by Gasteiger charge is -2.27. The normalized spacial score (nSPS) is 14.4. The van der Waals surface area contributed by atoms with Crippen LogP contribution in [0.1, 0.15) is 5.69 Å². The molecule has 132 valence electrons. The van der Waals surface area contributed by atoms with E-state index in [-0.39, 0.29) is 17.2 Å². The molecule has 1 fully saturated rings. The number of benzene rings is 1. The molecule has 0 unspecified atom stereocenters. The van der Waals surface area contributed by atoms with Crippen LogP contribution in [0.2, 0.25) is 10.0 Å². The third-order valence-corrected chi connectivity index (χ3v) is 4.08. The molecule has 1 aliphatic rings. The van der Waals surface area contributed by atoms with Crippen molar-refractivity contribution in [2.75, 3.05) is 36.5 Å². The molecule has 25 heavy (non-hydrogen) atoms. The summed E-state index contributed by atoms with van der Waals surface area (Å²) in [6.07, 6.45) is 0. The molecule has 0 spiro atoms. The maximum atomic E-state index is 11.5. The van der Waals surface area contributed by atoms with Crippen LogP contribution in [0.5, 0.6) is 0 Å². The number of halogens is 2. The van der Waals surface area contributed by atoms with E-state index >= 15 is 0 Å². The molecule has 2 aromatic rings. The lowest BCUT2D eigenvalue weighted by atomic mass is 10.3. The van der Waals surface area contributed by atoms with Gasteiger partial charge in [0, 0.05) is 28.8 Å². The number of nitrogens with one attached hydrogen (secondary N) is 1. The highest BCUT2D eigenvalue weighted by atomic mass is 35.5. The summed E-state index contributed by atoms with van der Waals surface area (Å²) in [5, 5.41) is 15.2. The Morgan fingerprint density at radius 3 is 2.44 bits per heavy atom. The highest BCUT2D eigenvalue weighted by Crippen LogP contribution is 2.32. The Bertz CT molecular complexity index is 792. The van der Waals surface area contributed by atoms with Gasteiger partial charge in [0.15, 0.2) is 0 Å². The maximum Gasteiger partial charge on any atom is 0.332 e. The van der Waals surface area contributed by atoms with Crippen LogP contribution < -0.4 is 10.2 Å². The van der Waals surface area contributed by atoms with E-state index < -0.39 is 4.92 Å². The Morgan fingerprint density at radius 2 is 1.84 bits per heavy atom. The Hall–Kier alpha value is -2.16. The van der Waals surface area contributed by atoms with E-state index in [1.165, 1.54) is 0 Å². The molecule has 3 rings (SSSR count). The van der Waals surface area contributed by atoms with E-state index in [0.29, 0.717) is 48.0 Å². The first-order valence-corrected chi connectivity index (χ1v) is 8.28. The molecule has 1 saturated heterocycles. The Balaban J connectivity index is 2.02. The maximum absolute atomic E-state index is 11.5. The largest absolute Gasteiger partial charge is 0.378 e. The summed E-state index contributed by atoms with van der Waals surface area (Å²) in [6, 6.07) is 4.80. The zero-order valence-corrected chi connectivity index (χ0v) is 14.8. The van der Waals surface area contributed by atoms with Crippen molar-refractivity contribution in [3.05, 3.63) is 44.1 Å². The highest BCUT2D eigenvalue weighted by Gasteiger charge is 2.25. The van der Waals surface area contributed by atoms with Crippen LogP contribution in [0.15, 0.2) is 18.2 Å². The van der Waals surface area contributed by atoms with Gasteiger partial charge in [0.25, 0.3) is 0 Å². The Morgan fingerprint density at radius 1 is 1.20 bits per heavy atom. The van der Waals surface area contributed by atoms with Crippen molar-refractivity contribution in [1.82, 2.24) is 9.97 Å². The molecule has 0 saturated carbocycles. The fourth-order valence-electron chi connectivity index (χ4n) is 2.53. The quantitative estimate of drug-likeness (QED) is 0.636. The van der Waals surface area contributed by atoms with Crippen molar-refractivity contribution in [2.45, 2.75) is 6.92 Å². The van der Waals surface area contributed by atoms with Crippen molar-refractivity contribution < 1.29 is 9.66 Å². The summed E-state index contributed by atoms with van der Waals surface area (Å²) < 4.78 is 5.32. The first-order valence-electron chi connectivity index (χ1n) is 7.53. The molecule has 10 heteroatoms. The standard InChI is InChI=1S/C15H15Cl2N5O3/c1-9-13(22(23)24)14(19-12-7-10(16)6-11(17)8-12)20-15(18-9)21-2-4-25-5-3-21/h6-8H,2-5H2,1H3,(H,18,19,20). The molecular formula is C15H15Cl2N5O3. The summed E-state index contributed by atoms with van der Waals surface area (Å²) in [6.45, 7) is 3.96. The number of aromatic nitrogens is 2. The minimum Gasteiger partial charge on any atom is -0.378 e. The summed E-state index contributed by atoms with van der Waals surface area (Å²) in [5.74, 6) is 0.513. The second kappa shape index (κ2) is 7.38. The molecule has 0 amide bonds. The summed E-state index contributed by atoms with van der Waals surface area (Å²) in [4.78, 5) is 21.5. The third kappa shape index (κ3) is 4.09. The van der Waals surface area contributed by atoms with Crippen LogP contribution in [0.3, 0.4) is 0 Å². The molecular weight excluding hydrogens is 369 g/mol. The van der Waals surface area contributed by atoms with Crippen molar-refractivity contribution in [2.24, 2.45) is 0 Å². The SMILES string of the molecule is Cc1nc(N2CCOCC2)nc(Nc2cc(Cl)cc(Cl)c2)c1[N+](=O)[O-]. The summed E-state index contributed by atoms with van der Waals surface area (Å²) in [5.41, 5.74) is 0.594. The van der Waals surface area contributed by atoms with Crippen molar-refractivity contribution >= 4 is 46.3 Å². The highest BCUT2D eigenvalue weighted by molar-refractivity contribution is 6.35. The molecule has 0 radical (unpaired) electrons. The Kier molecular flexibility index (Phi) is 5.22. The number of nitro groups is 1. The van der Waals surface area contributed by atoms with E-state index in [1.807, 2.05) is 4.90 Å². The monoisotopic (exact) mass is 383 g/mol. The minimum absolute atomic E-state index is 0.0947. The van der Waals surface area contributed by atoms with Gasteiger partial charge in [-0.1, -0.05) is 23.2 Å². The number of hydrogen-bond acceptors (Lipinski definition) is 7. The number of aryl methyl sites for hydroxylation is 1. The van der Waals surface area contributed by atoms with E-state index in [0.717, 1.165) is 0 Å². The zero-order valence-electron chi connectivity index (χ0n) is 13.3. The number of hydrogen-bond donors (Lipinski definition) is 1. The van der Waals surface area contributed by atoms with Gasteiger partial charge < -0.3 is 15.0 Å². The van der Waals surface area contributed by atoms with Crippen molar-refractivity contribution in [3.8, 4) is 0 Å². The van der Waals surface area contributed by atoms with Gasteiger partial charge in [-0.15, -0.1) is 0 Å². The van der Waals surface area contributed by atoms with E-state index in [4.69, 9.17) is 27.9 Å². The van der Waals surface area contributed by atoms with Gasteiger partial charge in [0.2, 0.25) is 11.8 Å². The molecule has 1 aromatic heterocycles. The predicted molar refractivity (Wildman–Crippen MR) is 96.2 cm³/mol.